The van der Waals surface area contributed by atoms with Crippen LogP contribution in [0.2, 0.25) is 0 Å². The van der Waals surface area contributed by atoms with Crippen LogP contribution in [0.5, 0.6) is 0 Å². The molecule has 2 nitrogen and oxygen atoms in total. The van der Waals surface area contributed by atoms with Crippen LogP contribution in [0.1, 0.15) is 12.8 Å². The summed E-state index contributed by atoms with van der Waals surface area (Å²) >= 11 is 0. The van der Waals surface area contributed by atoms with Gasteiger partial charge in [-0.15, -0.1) is 0 Å². The lowest BCUT2D eigenvalue weighted by Crippen LogP contribution is -2.17. The van der Waals surface area contributed by atoms with Crippen LogP contribution in [0.3, 0.4) is 0 Å². The minimum absolute atomic E-state index is 0.720. The molecule has 0 bridgehead atoms. The summed E-state index contributed by atoms with van der Waals surface area (Å²) in [6, 6.07) is 8.96. The highest BCUT2D eigenvalue weighted by Crippen LogP contribution is 2.20. The van der Waals surface area contributed by atoms with E-state index in [1.807, 2.05) is 12.1 Å². The van der Waals surface area contributed by atoms with Crippen LogP contribution in [0, 0.1) is 6.07 Å². The molecule has 0 spiro atoms. The number of benzene rings is 1. The number of hydrogen-bond acceptors (Lipinski definition) is 2. The van der Waals surface area contributed by atoms with Gasteiger partial charge in [0.15, 0.2) is 0 Å². The molecule has 0 aromatic heterocycles. The molecule has 1 aliphatic rings. The average molecular weight is 161 g/mol. The Hall–Kier alpha value is -1.18. The minimum atomic E-state index is 0.720. The van der Waals surface area contributed by atoms with Gasteiger partial charge in [0.1, 0.15) is 0 Å². The Morgan fingerprint density at radius 3 is 2.58 bits per heavy atom. The normalized spacial score (nSPS) is 16.8. The Labute approximate surface area is 73.0 Å². The fourth-order valence-electron chi connectivity index (χ4n) is 1.60. The Kier molecular flexibility index (Phi) is 1.90. The number of nitrogens with two attached hydrogens (primary N) is 1. The SMILES string of the molecule is Nc1[c]cc(N2CCCC2)cc1. The van der Waals surface area contributed by atoms with Crippen LogP contribution in [-0.4, -0.2) is 13.1 Å². The monoisotopic (exact) mass is 161 g/mol. The third-order valence-corrected chi connectivity index (χ3v) is 2.29. The minimum Gasteiger partial charge on any atom is -0.398 e. The Morgan fingerprint density at radius 2 is 2.00 bits per heavy atom. The van der Waals surface area contributed by atoms with Gasteiger partial charge in [-0.05, 0) is 31.0 Å². The van der Waals surface area contributed by atoms with Gasteiger partial charge in [0, 0.05) is 30.5 Å². The number of rotatable bonds is 1. The van der Waals surface area contributed by atoms with Crippen molar-refractivity contribution in [3.8, 4) is 0 Å². The van der Waals surface area contributed by atoms with E-state index in [0.29, 0.717) is 0 Å². The maximum absolute atomic E-state index is 5.55. The first-order valence-electron chi connectivity index (χ1n) is 4.38. The number of anilines is 2. The number of nitrogen functional groups attached to an aromatic ring is 1. The van der Waals surface area contributed by atoms with Gasteiger partial charge in [0.25, 0.3) is 0 Å². The molecule has 1 saturated heterocycles. The van der Waals surface area contributed by atoms with E-state index in [-0.39, 0.29) is 0 Å². The van der Waals surface area contributed by atoms with E-state index in [9.17, 15) is 0 Å². The lowest BCUT2D eigenvalue weighted by atomic mass is 10.2. The third-order valence-electron chi connectivity index (χ3n) is 2.29. The molecule has 63 valence electrons. The first-order chi connectivity index (χ1) is 5.86. The summed E-state index contributed by atoms with van der Waals surface area (Å²) in [4.78, 5) is 2.37. The Morgan fingerprint density at radius 1 is 1.25 bits per heavy atom. The first kappa shape index (κ1) is 7.47. The lowest BCUT2D eigenvalue weighted by molar-refractivity contribution is 0.949. The number of hydrogen-bond donors (Lipinski definition) is 1. The third kappa shape index (κ3) is 1.37. The van der Waals surface area contributed by atoms with Gasteiger partial charge in [-0.1, -0.05) is 0 Å². The van der Waals surface area contributed by atoms with E-state index >= 15 is 0 Å². The molecule has 2 N–H and O–H groups in total. The molecular weight excluding hydrogens is 148 g/mol. The largest absolute Gasteiger partial charge is 0.398 e. The molecule has 1 fully saturated rings. The summed E-state index contributed by atoms with van der Waals surface area (Å²) in [5.74, 6) is 0. The zero-order chi connectivity index (χ0) is 8.39. The highest BCUT2D eigenvalue weighted by atomic mass is 15.1. The smallest absolute Gasteiger partial charge is 0.0396 e. The molecule has 0 unspecified atom stereocenters. The predicted molar refractivity (Wildman–Crippen MR) is 51.1 cm³/mol. The first-order valence-corrected chi connectivity index (χ1v) is 4.38. The van der Waals surface area contributed by atoms with Crippen molar-refractivity contribution < 1.29 is 0 Å². The van der Waals surface area contributed by atoms with Crippen LogP contribution >= 0.6 is 0 Å². The van der Waals surface area contributed by atoms with Gasteiger partial charge in [-0.25, -0.2) is 0 Å². The zero-order valence-corrected chi connectivity index (χ0v) is 7.09. The highest BCUT2D eigenvalue weighted by molar-refractivity contribution is 5.52. The summed E-state index contributed by atoms with van der Waals surface area (Å²) in [6.07, 6.45) is 2.62. The van der Waals surface area contributed by atoms with Crippen LogP contribution in [0.4, 0.5) is 11.4 Å². The van der Waals surface area contributed by atoms with Crippen molar-refractivity contribution in [1.29, 1.82) is 0 Å². The second-order valence-corrected chi connectivity index (χ2v) is 3.20. The molecule has 12 heavy (non-hydrogen) atoms. The average Bonchev–Trinajstić information content (AvgIpc) is 2.58. The molecule has 0 aliphatic carbocycles. The maximum Gasteiger partial charge on any atom is 0.0396 e. The van der Waals surface area contributed by atoms with Crippen LogP contribution in [-0.2, 0) is 0 Å². The zero-order valence-electron chi connectivity index (χ0n) is 7.09. The second-order valence-electron chi connectivity index (χ2n) is 3.20. The van der Waals surface area contributed by atoms with Gasteiger partial charge in [-0.2, -0.15) is 0 Å². The molecule has 1 heterocycles. The van der Waals surface area contributed by atoms with Crippen molar-refractivity contribution in [2.75, 3.05) is 23.7 Å². The van der Waals surface area contributed by atoms with E-state index in [1.54, 1.807) is 0 Å². The van der Waals surface area contributed by atoms with Crippen LogP contribution in [0.15, 0.2) is 18.2 Å². The van der Waals surface area contributed by atoms with E-state index in [4.69, 9.17) is 5.73 Å². The van der Waals surface area contributed by atoms with Crippen molar-refractivity contribution in [2.45, 2.75) is 12.8 Å². The van der Waals surface area contributed by atoms with Gasteiger partial charge in [0.2, 0.25) is 0 Å². The fourth-order valence-corrected chi connectivity index (χ4v) is 1.60. The topological polar surface area (TPSA) is 29.3 Å². The fraction of sp³-hybridized carbons (Fsp3) is 0.400. The van der Waals surface area contributed by atoms with Gasteiger partial charge in [0.05, 0.1) is 0 Å². The summed E-state index contributed by atoms with van der Waals surface area (Å²) in [7, 11) is 0. The molecule has 1 radical (unpaired) electrons. The van der Waals surface area contributed by atoms with Crippen molar-refractivity contribution in [2.24, 2.45) is 0 Å². The molecule has 2 rings (SSSR count). The van der Waals surface area contributed by atoms with Crippen molar-refractivity contribution in [3.05, 3.63) is 24.3 Å². The van der Waals surface area contributed by atoms with Gasteiger partial charge < -0.3 is 10.6 Å². The number of nitrogens with zero attached hydrogens (tertiary/aromatic N) is 1. The molecule has 1 aromatic carbocycles. The molecule has 0 saturated carbocycles. The Bertz CT molecular complexity index is 247. The van der Waals surface area contributed by atoms with E-state index in [2.05, 4.69) is 17.0 Å². The lowest BCUT2D eigenvalue weighted by Gasteiger charge is -2.16. The van der Waals surface area contributed by atoms with Gasteiger partial charge in [-0.3, -0.25) is 0 Å². The van der Waals surface area contributed by atoms with E-state index in [1.165, 1.54) is 31.6 Å². The molecule has 1 aromatic rings. The molecule has 1 aliphatic heterocycles. The summed E-state index contributed by atoms with van der Waals surface area (Å²) < 4.78 is 0. The summed E-state index contributed by atoms with van der Waals surface area (Å²) in [5.41, 5.74) is 7.52. The quantitative estimate of drug-likeness (QED) is 0.635. The molecule has 0 atom stereocenters. The molecular formula is C10H13N2. The van der Waals surface area contributed by atoms with Gasteiger partial charge >= 0.3 is 0 Å². The van der Waals surface area contributed by atoms with E-state index in [0.717, 1.165) is 5.69 Å². The van der Waals surface area contributed by atoms with Crippen molar-refractivity contribution >= 4 is 11.4 Å². The summed E-state index contributed by atoms with van der Waals surface area (Å²) in [5, 5.41) is 0. The molecule has 0 amide bonds. The summed E-state index contributed by atoms with van der Waals surface area (Å²) in [6.45, 7) is 2.36. The standard InChI is InChI=1S/C10H13N2/c11-9-3-5-10(6-4-9)12-7-1-2-8-12/h3,5-6H,1-2,7-8,11H2. The van der Waals surface area contributed by atoms with Crippen LogP contribution in [0.25, 0.3) is 0 Å². The predicted octanol–water partition coefficient (Wildman–Crippen LogP) is 1.67. The van der Waals surface area contributed by atoms with Crippen molar-refractivity contribution in [1.82, 2.24) is 0 Å². The van der Waals surface area contributed by atoms with Crippen LogP contribution < -0.4 is 10.6 Å². The Balaban J connectivity index is 2.17. The second kappa shape index (κ2) is 3.05. The molecule has 2 heteroatoms. The van der Waals surface area contributed by atoms with E-state index < -0.39 is 0 Å². The maximum atomic E-state index is 5.55. The highest BCUT2D eigenvalue weighted by Gasteiger charge is 2.11. The van der Waals surface area contributed by atoms with Crippen molar-refractivity contribution in [3.63, 3.8) is 0 Å².